The SMILES string of the molecule is COC(=O)c1ccc(CNC(=O)C[C@H](NS(=O)(=O)c2ccc(Cl)cc2)c2ccc(F)cc2)cc1. The molecule has 0 heterocycles. The molecule has 0 saturated carbocycles. The molecule has 3 aromatic carbocycles. The van der Waals surface area contributed by atoms with Gasteiger partial charge in [0.15, 0.2) is 0 Å². The highest BCUT2D eigenvalue weighted by Gasteiger charge is 2.24. The van der Waals surface area contributed by atoms with Crippen LogP contribution in [0.15, 0.2) is 77.7 Å². The molecule has 0 aromatic heterocycles. The number of carbonyl (C=O) groups is 2. The number of esters is 1. The molecular weight excluding hydrogens is 483 g/mol. The van der Waals surface area contributed by atoms with Crippen molar-refractivity contribution in [2.75, 3.05) is 7.11 Å². The fourth-order valence-corrected chi connectivity index (χ4v) is 4.48. The normalized spacial score (nSPS) is 12.1. The van der Waals surface area contributed by atoms with E-state index in [1.807, 2.05) is 0 Å². The van der Waals surface area contributed by atoms with E-state index < -0.39 is 33.8 Å². The van der Waals surface area contributed by atoms with E-state index in [2.05, 4.69) is 14.8 Å². The lowest BCUT2D eigenvalue weighted by molar-refractivity contribution is -0.121. The lowest BCUT2D eigenvalue weighted by Crippen LogP contribution is -2.33. The van der Waals surface area contributed by atoms with Crippen LogP contribution in [0, 0.1) is 5.82 Å². The van der Waals surface area contributed by atoms with Crippen LogP contribution in [0.25, 0.3) is 0 Å². The van der Waals surface area contributed by atoms with Crippen molar-refractivity contribution < 1.29 is 27.1 Å². The van der Waals surface area contributed by atoms with Crippen molar-refractivity contribution in [3.63, 3.8) is 0 Å². The zero-order chi connectivity index (χ0) is 24.7. The van der Waals surface area contributed by atoms with Gasteiger partial charge in [-0.1, -0.05) is 35.9 Å². The van der Waals surface area contributed by atoms with Crippen LogP contribution in [0.3, 0.4) is 0 Å². The Morgan fingerprint density at radius 1 is 0.971 bits per heavy atom. The number of carbonyl (C=O) groups excluding carboxylic acids is 2. The summed E-state index contributed by atoms with van der Waals surface area (Å²) >= 11 is 5.84. The number of ether oxygens (including phenoxy) is 1. The van der Waals surface area contributed by atoms with E-state index in [-0.39, 0.29) is 17.9 Å². The summed E-state index contributed by atoms with van der Waals surface area (Å²) < 4.78 is 46.3. The van der Waals surface area contributed by atoms with Gasteiger partial charge < -0.3 is 10.1 Å². The Morgan fingerprint density at radius 2 is 1.59 bits per heavy atom. The number of rotatable bonds is 9. The van der Waals surface area contributed by atoms with E-state index in [4.69, 9.17) is 11.6 Å². The van der Waals surface area contributed by atoms with Crippen LogP contribution >= 0.6 is 11.6 Å². The molecule has 0 aliphatic carbocycles. The van der Waals surface area contributed by atoms with Crippen molar-refractivity contribution in [3.8, 4) is 0 Å². The molecule has 0 saturated heterocycles. The van der Waals surface area contributed by atoms with E-state index >= 15 is 0 Å². The predicted octanol–water partition coefficient (Wildman–Crippen LogP) is 3.99. The lowest BCUT2D eigenvalue weighted by atomic mass is 10.0. The van der Waals surface area contributed by atoms with Crippen molar-refractivity contribution >= 4 is 33.5 Å². The van der Waals surface area contributed by atoms with Gasteiger partial charge in [0.2, 0.25) is 15.9 Å². The molecule has 3 aromatic rings. The van der Waals surface area contributed by atoms with Gasteiger partial charge in [0.25, 0.3) is 0 Å². The topological polar surface area (TPSA) is 102 Å². The molecule has 7 nitrogen and oxygen atoms in total. The van der Waals surface area contributed by atoms with Crippen LogP contribution in [0.4, 0.5) is 4.39 Å². The van der Waals surface area contributed by atoms with Gasteiger partial charge in [0.1, 0.15) is 5.82 Å². The van der Waals surface area contributed by atoms with Crippen LogP contribution in [-0.4, -0.2) is 27.4 Å². The monoisotopic (exact) mass is 504 g/mol. The molecule has 0 aliphatic rings. The van der Waals surface area contributed by atoms with Crippen LogP contribution in [0.5, 0.6) is 0 Å². The molecule has 178 valence electrons. The summed E-state index contributed by atoms with van der Waals surface area (Å²) in [5, 5.41) is 3.11. The Balaban J connectivity index is 1.72. The fraction of sp³-hybridized carbons (Fsp3) is 0.167. The van der Waals surface area contributed by atoms with E-state index in [0.717, 1.165) is 5.56 Å². The van der Waals surface area contributed by atoms with Crippen LogP contribution in [0.1, 0.15) is 33.9 Å². The maximum absolute atomic E-state index is 13.4. The molecule has 10 heteroatoms. The third-order valence-electron chi connectivity index (χ3n) is 4.95. The number of halogens is 2. The molecule has 0 bridgehead atoms. The van der Waals surface area contributed by atoms with Gasteiger partial charge in [-0.3, -0.25) is 4.79 Å². The summed E-state index contributed by atoms with van der Waals surface area (Å²) in [5.41, 5.74) is 1.54. The first-order valence-electron chi connectivity index (χ1n) is 10.2. The van der Waals surface area contributed by atoms with Gasteiger partial charge in [-0.25, -0.2) is 22.3 Å². The number of hydrogen-bond donors (Lipinski definition) is 2. The van der Waals surface area contributed by atoms with Gasteiger partial charge in [0, 0.05) is 18.0 Å². The molecule has 2 N–H and O–H groups in total. The highest BCUT2D eigenvalue weighted by Crippen LogP contribution is 2.22. The van der Waals surface area contributed by atoms with E-state index in [9.17, 15) is 22.4 Å². The molecule has 1 amide bonds. The minimum absolute atomic E-state index is 0.0184. The summed E-state index contributed by atoms with van der Waals surface area (Å²) in [7, 11) is -2.70. The first-order chi connectivity index (χ1) is 16.2. The highest BCUT2D eigenvalue weighted by atomic mass is 35.5. The molecule has 0 fully saturated rings. The van der Waals surface area contributed by atoms with E-state index in [1.54, 1.807) is 24.3 Å². The summed E-state index contributed by atoms with van der Waals surface area (Å²) in [6.45, 7) is 0.167. The number of benzene rings is 3. The van der Waals surface area contributed by atoms with Crippen molar-refractivity contribution in [1.82, 2.24) is 10.0 Å². The summed E-state index contributed by atoms with van der Waals surface area (Å²) in [4.78, 5) is 24.1. The van der Waals surface area contributed by atoms with Gasteiger partial charge in [-0.05, 0) is 59.7 Å². The van der Waals surface area contributed by atoms with Crippen molar-refractivity contribution in [2.45, 2.75) is 23.9 Å². The number of methoxy groups -OCH3 is 1. The van der Waals surface area contributed by atoms with Crippen LogP contribution < -0.4 is 10.0 Å². The maximum atomic E-state index is 13.4. The van der Waals surface area contributed by atoms with Crippen LogP contribution in [0.2, 0.25) is 5.02 Å². The van der Waals surface area contributed by atoms with Gasteiger partial charge in [-0.15, -0.1) is 0 Å². The Bertz CT molecular complexity index is 1250. The number of hydrogen-bond acceptors (Lipinski definition) is 5. The van der Waals surface area contributed by atoms with E-state index in [0.29, 0.717) is 16.1 Å². The molecule has 0 radical (unpaired) electrons. The molecule has 1 atom stereocenters. The fourth-order valence-electron chi connectivity index (χ4n) is 3.13. The Labute approximate surface area is 202 Å². The number of sulfonamides is 1. The Kier molecular flexibility index (Phi) is 8.38. The maximum Gasteiger partial charge on any atom is 0.337 e. The smallest absolute Gasteiger partial charge is 0.337 e. The zero-order valence-corrected chi connectivity index (χ0v) is 19.7. The summed E-state index contributed by atoms with van der Waals surface area (Å²) in [5.74, 6) is -1.38. The van der Waals surface area contributed by atoms with Crippen molar-refractivity contribution in [3.05, 3.63) is 100 Å². The molecule has 3 rings (SSSR count). The third kappa shape index (κ3) is 6.86. The molecule has 0 unspecified atom stereocenters. The van der Waals surface area contributed by atoms with Crippen LogP contribution in [-0.2, 0) is 26.1 Å². The number of nitrogens with one attached hydrogen (secondary N) is 2. The quantitative estimate of drug-likeness (QED) is 0.429. The minimum Gasteiger partial charge on any atom is -0.465 e. The first kappa shape index (κ1) is 25.4. The second-order valence-electron chi connectivity index (χ2n) is 7.35. The average Bonchev–Trinajstić information content (AvgIpc) is 2.83. The van der Waals surface area contributed by atoms with Crippen molar-refractivity contribution in [1.29, 1.82) is 0 Å². The van der Waals surface area contributed by atoms with Gasteiger partial charge in [0.05, 0.1) is 23.6 Å². The molecular formula is C24H22ClFN2O5S. The first-order valence-corrected chi connectivity index (χ1v) is 12.0. The summed E-state index contributed by atoms with van der Waals surface area (Å²) in [6, 6.07) is 16.4. The second kappa shape index (κ2) is 11.2. The second-order valence-corrected chi connectivity index (χ2v) is 9.50. The Morgan fingerprint density at radius 3 is 2.18 bits per heavy atom. The predicted molar refractivity (Wildman–Crippen MR) is 125 cm³/mol. The largest absolute Gasteiger partial charge is 0.465 e. The zero-order valence-electron chi connectivity index (χ0n) is 18.1. The average molecular weight is 505 g/mol. The number of amides is 1. The molecule has 0 aliphatic heterocycles. The highest BCUT2D eigenvalue weighted by molar-refractivity contribution is 7.89. The minimum atomic E-state index is -3.99. The third-order valence-corrected chi connectivity index (χ3v) is 6.69. The van der Waals surface area contributed by atoms with E-state index in [1.165, 1.54) is 55.6 Å². The van der Waals surface area contributed by atoms with Gasteiger partial charge in [-0.2, -0.15) is 0 Å². The Hall–Kier alpha value is -3.27. The molecule has 0 spiro atoms. The molecule has 34 heavy (non-hydrogen) atoms. The van der Waals surface area contributed by atoms with Crippen molar-refractivity contribution in [2.24, 2.45) is 0 Å². The lowest BCUT2D eigenvalue weighted by Gasteiger charge is -2.19. The summed E-state index contributed by atoms with van der Waals surface area (Å²) in [6.07, 6.45) is -0.224. The standard InChI is InChI=1S/C24H22ClFN2O5S/c1-33-24(30)18-4-2-16(3-5-18)15-27-23(29)14-22(17-6-10-20(26)11-7-17)28-34(31,32)21-12-8-19(25)9-13-21/h2-13,22,28H,14-15H2,1H3,(H,27,29)/t22-/m0/s1. The van der Waals surface area contributed by atoms with Gasteiger partial charge >= 0.3 is 5.97 Å².